The fourth-order valence-corrected chi connectivity index (χ4v) is 3.51. The van der Waals surface area contributed by atoms with Crippen molar-refractivity contribution in [2.75, 3.05) is 19.7 Å². The standard InChI is InChI=1S/C15H22N2OS/c16-7-3-4-13-10-15(19-12-13)11-17(8-9-18)14-5-1-2-6-14/h10,12,14,18H,1-2,5-9,11,16H2. The van der Waals surface area contributed by atoms with Crippen LogP contribution in [0.2, 0.25) is 0 Å². The molecule has 0 aromatic carbocycles. The van der Waals surface area contributed by atoms with Crippen molar-refractivity contribution in [3.63, 3.8) is 0 Å². The number of aliphatic hydroxyl groups is 1. The number of thiophene rings is 1. The summed E-state index contributed by atoms with van der Waals surface area (Å²) >= 11 is 1.75. The molecule has 0 unspecified atom stereocenters. The molecule has 1 heterocycles. The van der Waals surface area contributed by atoms with Crippen molar-refractivity contribution in [3.8, 4) is 11.8 Å². The number of hydrogen-bond donors (Lipinski definition) is 2. The molecule has 0 spiro atoms. The summed E-state index contributed by atoms with van der Waals surface area (Å²) in [6.45, 7) is 2.35. The van der Waals surface area contributed by atoms with Gasteiger partial charge in [-0.15, -0.1) is 11.3 Å². The van der Waals surface area contributed by atoms with Crippen LogP contribution in [0.5, 0.6) is 0 Å². The Bertz CT molecular complexity index is 440. The largest absolute Gasteiger partial charge is 0.395 e. The first-order valence-electron chi connectivity index (χ1n) is 6.94. The maximum atomic E-state index is 9.22. The highest BCUT2D eigenvalue weighted by Gasteiger charge is 2.22. The van der Waals surface area contributed by atoms with Gasteiger partial charge in [-0.05, 0) is 18.9 Å². The van der Waals surface area contributed by atoms with Crippen molar-refractivity contribution in [2.24, 2.45) is 5.73 Å². The van der Waals surface area contributed by atoms with Crippen LogP contribution >= 0.6 is 11.3 Å². The molecule has 0 saturated heterocycles. The number of nitrogens with two attached hydrogens (primary N) is 1. The molecule has 19 heavy (non-hydrogen) atoms. The second-order valence-corrected chi connectivity index (χ2v) is 5.94. The van der Waals surface area contributed by atoms with Crippen LogP contribution in [0.4, 0.5) is 0 Å². The van der Waals surface area contributed by atoms with Gasteiger partial charge in [0.2, 0.25) is 0 Å². The summed E-state index contributed by atoms with van der Waals surface area (Å²) in [5.74, 6) is 5.95. The third-order valence-electron chi connectivity index (χ3n) is 3.58. The van der Waals surface area contributed by atoms with Gasteiger partial charge < -0.3 is 10.8 Å². The minimum atomic E-state index is 0.238. The van der Waals surface area contributed by atoms with E-state index in [-0.39, 0.29) is 6.61 Å². The van der Waals surface area contributed by atoms with E-state index in [1.165, 1.54) is 30.6 Å². The van der Waals surface area contributed by atoms with Gasteiger partial charge in [-0.25, -0.2) is 0 Å². The molecule has 0 radical (unpaired) electrons. The zero-order valence-corrected chi connectivity index (χ0v) is 12.1. The van der Waals surface area contributed by atoms with Crippen molar-refractivity contribution in [3.05, 3.63) is 21.9 Å². The van der Waals surface area contributed by atoms with E-state index in [0.29, 0.717) is 12.6 Å². The molecule has 1 aromatic heterocycles. The fraction of sp³-hybridized carbons (Fsp3) is 0.600. The molecule has 3 nitrogen and oxygen atoms in total. The summed E-state index contributed by atoms with van der Waals surface area (Å²) in [4.78, 5) is 3.74. The molecule has 1 aliphatic carbocycles. The zero-order valence-electron chi connectivity index (χ0n) is 11.3. The van der Waals surface area contributed by atoms with Gasteiger partial charge in [0.15, 0.2) is 0 Å². The van der Waals surface area contributed by atoms with Gasteiger partial charge in [-0.1, -0.05) is 24.7 Å². The molecule has 1 aromatic rings. The number of hydrogen-bond acceptors (Lipinski definition) is 4. The van der Waals surface area contributed by atoms with Gasteiger partial charge >= 0.3 is 0 Å². The first kappa shape index (κ1) is 14.5. The number of nitrogens with zero attached hydrogens (tertiary/aromatic N) is 1. The van der Waals surface area contributed by atoms with Crippen LogP contribution in [-0.2, 0) is 6.54 Å². The van der Waals surface area contributed by atoms with E-state index in [1.807, 2.05) is 0 Å². The van der Waals surface area contributed by atoms with Crippen LogP contribution in [0.3, 0.4) is 0 Å². The summed E-state index contributed by atoms with van der Waals surface area (Å²) in [6.07, 6.45) is 5.19. The van der Waals surface area contributed by atoms with Crippen LogP contribution in [0.25, 0.3) is 0 Å². The molecule has 0 bridgehead atoms. The smallest absolute Gasteiger partial charge is 0.0558 e. The zero-order chi connectivity index (χ0) is 13.5. The fourth-order valence-electron chi connectivity index (χ4n) is 2.67. The number of aliphatic hydroxyl groups excluding tert-OH is 1. The SMILES string of the molecule is NCC#Cc1csc(CN(CCO)C2CCCC2)c1. The predicted molar refractivity (Wildman–Crippen MR) is 80.0 cm³/mol. The third kappa shape index (κ3) is 4.32. The Kier molecular flexibility index (Phi) is 5.87. The van der Waals surface area contributed by atoms with Crippen molar-refractivity contribution in [2.45, 2.75) is 38.3 Å². The van der Waals surface area contributed by atoms with E-state index in [0.717, 1.165) is 18.7 Å². The van der Waals surface area contributed by atoms with Crippen molar-refractivity contribution in [1.82, 2.24) is 4.90 Å². The second-order valence-electron chi connectivity index (χ2n) is 4.94. The quantitative estimate of drug-likeness (QED) is 0.808. The maximum absolute atomic E-state index is 9.22. The lowest BCUT2D eigenvalue weighted by molar-refractivity contribution is 0.146. The van der Waals surface area contributed by atoms with Crippen LogP contribution in [-0.4, -0.2) is 35.7 Å². The van der Waals surface area contributed by atoms with Gasteiger partial charge in [0.25, 0.3) is 0 Å². The molecule has 0 aliphatic heterocycles. The van der Waals surface area contributed by atoms with E-state index < -0.39 is 0 Å². The number of rotatable bonds is 5. The van der Waals surface area contributed by atoms with E-state index in [4.69, 9.17) is 5.73 Å². The Labute approximate surface area is 119 Å². The highest BCUT2D eigenvalue weighted by Crippen LogP contribution is 2.26. The molecule has 1 fully saturated rings. The Morgan fingerprint density at radius 2 is 2.21 bits per heavy atom. The van der Waals surface area contributed by atoms with Gasteiger partial charge in [0.05, 0.1) is 13.2 Å². The Balaban J connectivity index is 1.97. The Hall–Kier alpha value is -0.860. The summed E-state index contributed by atoms with van der Waals surface area (Å²) in [5, 5.41) is 11.3. The first-order valence-corrected chi connectivity index (χ1v) is 7.82. The molecule has 2 rings (SSSR count). The molecule has 4 heteroatoms. The van der Waals surface area contributed by atoms with Crippen molar-refractivity contribution >= 4 is 11.3 Å². The van der Waals surface area contributed by atoms with Gasteiger partial charge in [-0.2, -0.15) is 0 Å². The van der Waals surface area contributed by atoms with Gasteiger partial charge in [-0.3, -0.25) is 4.90 Å². The minimum absolute atomic E-state index is 0.238. The summed E-state index contributed by atoms with van der Waals surface area (Å²) in [5.41, 5.74) is 6.44. The second kappa shape index (κ2) is 7.66. The summed E-state index contributed by atoms with van der Waals surface area (Å²) in [7, 11) is 0. The highest BCUT2D eigenvalue weighted by atomic mass is 32.1. The summed E-state index contributed by atoms with van der Waals surface area (Å²) < 4.78 is 0. The normalized spacial score (nSPS) is 15.7. The highest BCUT2D eigenvalue weighted by molar-refractivity contribution is 7.10. The van der Waals surface area contributed by atoms with Crippen LogP contribution in [0.15, 0.2) is 11.4 Å². The Morgan fingerprint density at radius 3 is 2.89 bits per heavy atom. The molecule has 0 atom stereocenters. The lowest BCUT2D eigenvalue weighted by Crippen LogP contribution is -2.34. The molecule has 3 N–H and O–H groups in total. The van der Waals surface area contributed by atoms with Gasteiger partial charge in [0.1, 0.15) is 0 Å². The van der Waals surface area contributed by atoms with Crippen molar-refractivity contribution in [1.29, 1.82) is 0 Å². The topological polar surface area (TPSA) is 49.5 Å². The summed E-state index contributed by atoms with van der Waals surface area (Å²) in [6, 6.07) is 2.79. The molecule has 1 aliphatic rings. The van der Waals surface area contributed by atoms with E-state index >= 15 is 0 Å². The van der Waals surface area contributed by atoms with Crippen LogP contribution in [0.1, 0.15) is 36.1 Å². The van der Waals surface area contributed by atoms with E-state index in [2.05, 4.69) is 28.2 Å². The minimum Gasteiger partial charge on any atom is -0.395 e. The maximum Gasteiger partial charge on any atom is 0.0558 e. The van der Waals surface area contributed by atoms with Crippen molar-refractivity contribution < 1.29 is 5.11 Å². The molecular weight excluding hydrogens is 256 g/mol. The lowest BCUT2D eigenvalue weighted by Gasteiger charge is -2.27. The third-order valence-corrected chi connectivity index (χ3v) is 4.50. The van der Waals surface area contributed by atoms with Crippen LogP contribution < -0.4 is 5.73 Å². The van der Waals surface area contributed by atoms with Gasteiger partial charge in [0, 0.05) is 35.0 Å². The average molecular weight is 278 g/mol. The van der Waals surface area contributed by atoms with E-state index in [1.54, 1.807) is 11.3 Å². The molecule has 0 amide bonds. The molecule has 104 valence electrons. The first-order chi connectivity index (χ1) is 9.33. The average Bonchev–Trinajstić information content (AvgIpc) is 3.07. The predicted octanol–water partition coefficient (Wildman–Crippen LogP) is 1.80. The van der Waals surface area contributed by atoms with Crippen LogP contribution in [0, 0.1) is 11.8 Å². The molecular formula is C15H22N2OS. The monoisotopic (exact) mass is 278 g/mol. The lowest BCUT2D eigenvalue weighted by atomic mass is 10.2. The Morgan fingerprint density at radius 1 is 1.42 bits per heavy atom. The molecule has 1 saturated carbocycles. The van der Waals surface area contributed by atoms with E-state index in [9.17, 15) is 5.11 Å².